The standard InChI is InChI=1S/C15H19FN2O2S/c1-9(2)7-12(14(17)20)18-13(19)8-21-15(18)10-3-5-11(16)6-4-10/h3-6,9,12,15H,7-8H2,1-2H3,(H2,17,20)/t12-,15-/m0/s1. The summed E-state index contributed by atoms with van der Waals surface area (Å²) in [7, 11) is 0. The minimum absolute atomic E-state index is 0.0984. The number of nitrogens with two attached hydrogens (primary N) is 1. The molecule has 0 bridgehead atoms. The molecule has 1 aliphatic rings. The highest BCUT2D eigenvalue weighted by molar-refractivity contribution is 8.00. The highest BCUT2D eigenvalue weighted by atomic mass is 32.2. The maximum atomic E-state index is 13.0. The molecule has 21 heavy (non-hydrogen) atoms. The Hall–Kier alpha value is -1.56. The normalized spacial score (nSPS) is 20.1. The summed E-state index contributed by atoms with van der Waals surface area (Å²) in [5.74, 6) is -0.363. The molecule has 0 unspecified atom stereocenters. The van der Waals surface area contributed by atoms with Crippen LogP contribution < -0.4 is 5.73 Å². The van der Waals surface area contributed by atoms with Crippen LogP contribution in [0.4, 0.5) is 4.39 Å². The van der Waals surface area contributed by atoms with Gasteiger partial charge in [0.15, 0.2) is 0 Å². The Morgan fingerprint density at radius 2 is 2.05 bits per heavy atom. The van der Waals surface area contributed by atoms with Crippen molar-refractivity contribution >= 4 is 23.6 Å². The summed E-state index contributed by atoms with van der Waals surface area (Å²) >= 11 is 1.44. The predicted octanol–water partition coefficient (Wildman–Crippen LogP) is 2.30. The minimum atomic E-state index is -0.623. The fourth-order valence-electron chi connectivity index (χ4n) is 2.47. The van der Waals surface area contributed by atoms with Crippen LogP contribution in [0.25, 0.3) is 0 Å². The topological polar surface area (TPSA) is 63.4 Å². The second-order valence-electron chi connectivity index (χ2n) is 5.56. The summed E-state index contributed by atoms with van der Waals surface area (Å²) in [4.78, 5) is 25.5. The van der Waals surface area contributed by atoms with Crippen LogP contribution in [0.1, 0.15) is 31.2 Å². The molecule has 0 aromatic heterocycles. The third kappa shape index (κ3) is 3.56. The van der Waals surface area contributed by atoms with E-state index in [9.17, 15) is 14.0 Å². The minimum Gasteiger partial charge on any atom is -0.368 e. The molecule has 6 heteroatoms. The second kappa shape index (κ2) is 6.47. The average Bonchev–Trinajstić information content (AvgIpc) is 2.78. The lowest BCUT2D eigenvalue weighted by Gasteiger charge is -2.31. The van der Waals surface area contributed by atoms with Crippen molar-refractivity contribution in [2.75, 3.05) is 5.75 Å². The zero-order chi connectivity index (χ0) is 15.6. The zero-order valence-corrected chi connectivity index (χ0v) is 12.9. The Kier molecular flexibility index (Phi) is 4.88. The molecule has 2 rings (SSSR count). The van der Waals surface area contributed by atoms with Crippen LogP contribution in [0.3, 0.4) is 0 Å². The number of carbonyl (C=O) groups is 2. The first kappa shape index (κ1) is 15.8. The molecular weight excluding hydrogens is 291 g/mol. The first-order valence-electron chi connectivity index (χ1n) is 6.87. The molecule has 1 saturated heterocycles. The first-order chi connectivity index (χ1) is 9.90. The summed E-state index contributed by atoms with van der Waals surface area (Å²) < 4.78 is 13.0. The number of amides is 2. The molecule has 0 saturated carbocycles. The molecule has 2 N–H and O–H groups in total. The summed E-state index contributed by atoms with van der Waals surface area (Å²) in [6.07, 6.45) is 0.527. The number of hydrogen-bond donors (Lipinski definition) is 1. The summed E-state index contributed by atoms with van der Waals surface area (Å²) in [5, 5.41) is -0.283. The molecule has 1 aliphatic heterocycles. The predicted molar refractivity (Wildman–Crippen MR) is 80.9 cm³/mol. The SMILES string of the molecule is CC(C)C[C@@H](C(N)=O)N1C(=O)CS[C@H]1c1ccc(F)cc1. The summed E-state index contributed by atoms with van der Waals surface area (Å²) in [5.41, 5.74) is 6.30. The van der Waals surface area contributed by atoms with E-state index < -0.39 is 11.9 Å². The van der Waals surface area contributed by atoms with Gasteiger partial charge in [-0.1, -0.05) is 26.0 Å². The van der Waals surface area contributed by atoms with Gasteiger partial charge in [-0.05, 0) is 30.0 Å². The van der Waals surface area contributed by atoms with Gasteiger partial charge in [-0.2, -0.15) is 0 Å². The van der Waals surface area contributed by atoms with Gasteiger partial charge in [0.2, 0.25) is 11.8 Å². The first-order valence-corrected chi connectivity index (χ1v) is 7.92. The highest BCUT2D eigenvalue weighted by Crippen LogP contribution is 2.40. The number of hydrogen-bond acceptors (Lipinski definition) is 3. The Balaban J connectivity index is 2.30. The average molecular weight is 310 g/mol. The molecular formula is C15H19FN2O2S. The Morgan fingerprint density at radius 1 is 1.43 bits per heavy atom. The molecule has 4 nitrogen and oxygen atoms in total. The van der Waals surface area contributed by atoms with Crippen molar-refractivity contribution in [3.05, 3.63) is 35.6 Å². The maximum absolute atomic E-state index is 13.0. The molecule has 2 amide bonds. The van der Waals surface area contributed by atoms with Gasteiger partial charge in [0.25, 0.3) is 0 Å². The molecule has 0 aliphatic carbocycles. The summed E-state index contributed by atoms with van der Waals surface area (Å²) in [6.45, 7) is 3.97. The number of benzene rings is 1. The van der Waals surface area contributed by atoms with Gasteiger partial charge < -0.3 is 10.6 Å². The van der Waals surface area contributed by atoms with Gasteiger partial charge in [0, 0.05) is 0 Å². The van der Waals surface area contributed by atoms with Crippen molar-refractivity contribution < 1.29 is 14.0 Å². The van der Waals surface area contributed by atoms with Crippen molar-refractivity contribution in [2.24, 2.45) is 11.7 Å². The van der Waals surface area contributed by atoms with Crippen LogP contribution in [0.15, 0.2) is 24.3 Å². The van der Waals surface area contributed by atoms with E-state index >= 15 is 0 Å². The number of rotatable bonds is 5. The van der Waals surface area contributed by atoms with E-state index in [1.165, 1.54) is 23.9 Å². The van der Waals surface area contributed by atoms with Gasteiger partial charge in [0.05, 0.1) is 5.75 Å². The van der Waals surface area contributed by atoms with Crippen LogP contribution in [-0.4, -0.2) is 28.5 Å². The van der Waals surface area contributed by atoms with Crippen molar-refractivity contribution in [1.29, 1.82) is 0 Å². The number of carbonyl (C=O) groups excluding carboxylic acids is 2. The van der Waals surface area contributed by atoms with Crippen molar-refractivity contribution in [3.63, 3.8) is 0 Å². The van der Waals surface area contributed by atoms with Crippen LogP contribution in [-0.2, 0) is 9.59 Å². The fraction of sp³-hybridized carbons (Fsp3) is 0.467. The Bertz CT molecular complexity index is 533. The number of halogens is 1. The Morgan fingerprint density at radius 3 is 2.57 bits per heavy atom. The van der Waals surface area contributed by atoms with Gasteiger partial charge in [0.1, 0.15) is 17.2 Å². The fourth-order valence-corrected chi connectivity index (χ4v) is 3.69. The van der Waals surface area contributed by atoms with Gasteiger partial charge in [-0.15, -0.1) is 11.8 Å². The smallest absolute Gasteiger partial charge is 0.240 e. The largest absolute Gasteiger partial charge is 0.368 e. The maximum Gasteiger partial charge on any atom is 0.240 e. The van der Waals surface area contributed by atoms with E-state index in [4.69, 9.17) is 5.73 Å². The summed E-state index contributed by atoms with van der Waals surface area (Å²) in [6, 6.07) is 5.39. The molecule has 0 spiro atoms. The van der Waals surface area contributed by atoms with E-state index in [-0.39, 0.29) is 23.0 Å². The van der Waals surface area contributed by atoms with E-state index in [0.29, 0.717) is 12.2 Å². The molecule has 1 aromatic carbocycles. The third-order valence-corrected chi connectivity index (χ3v) is 4.65. The van der Waals surface area contributed by atoms with Crippen molar-refractivity contribution in [1.82, 2.24) is 4.90 Å². The van der Waals surface area contributed by atoms with Crippen molar-refractivity contribution in [2.45, 2.75) is 31.7 Å². The van der Waals surface area contributed by atoms with E-state index in [0.717, 1.165) is 5.56 Å². The van der Waals surface area contributed by atoms with E-state index in [2.05, 4.69) is 0 Å². The zero-order valence-electron chi connectivity index (χ0n) is 12.1. The molecule has 1 aromatic rings. The lowest BCUT2D eigenvalue weighted by atomic mass is 10.0. The molecule has 1 heterocycles. The third-order valence-electron chi connectivity index (χ3n) is 3.42. The lowest BCUT2D eigenvalue weighted by Crippen LogP contribution is -2.47. The molecule has 0 radical (unpaired) electrons. The molecule has 1 fully saturated rings. The van der Waals surface area contributed by atoms with Crippen LogP contribution >= 0.6 is 11.8 Å². The molecule has 114 valence electrons. The second-order valence-corrected chi connectivity index (χ2v) is 6.63. The van der Waals surface area contributed by atoms with E-state index in [1.807, 2.05) is 13.8 Å². The highest BCUT2D eigenvalue weighted by Gasteiger charge is 2.40. The van der Waals surface area contributed by atoms with Crippen LogP contribution in [0.2, 0.25) is 0 Å². The van der Waals surface area contributed by atoms with Crippen LogP contribution in [0, 0.1) is 11.7 Å². The van der Waals surface area contributed by atoms with Crippen LogP contribution in [0.5, 0.6) is 0 Å². The van der Waals surface area contributed by atoms with Gasteiger partial charge in [-0.25, -0.2) is 4.39 Å². The quantitative estimate of drug-likeness (QED) is 0.907. The van der Waals surface area contributed by atoms with Gasteiger partial charge in [-0.3, -0.25) is 9.59 Å². The van der Waals surface area contributed by atoms with E-state index in [1.54, 1.807) is 17.0 Å². The van der Waals surface area contributed by atoms with Crippen molar-refractivity contribution in [3.8, 4) is 0 Å². The lowest BCUT2D eigenvalue weighted by molar-refractivity contribution is -0.137. The molecule has 2 atom stereocenters. The Labute approximate surface area is 127 Å². The number of primary amides is 1. The number of thioether (sulfide) groups is 1. The number of nitrogens with zero attached hydrogens (tertiary/aromatic N) is 1. The monoisotopic (exact) mass is 310 g/mol. The van der Waals surface area contributed by atoms with Gasteiger partial charge >= 0.3 is 0 Å².